The van der Waals surface area contributed by atoms with Crippen molar-refractivity contribution < 1.29 is 14.7 Å². The van der Waals surface area contributed by atoms with Gasteiger partial charge in [-0.1, -0.05) is 6.07 Å². The van der Waals surface area contributed by atoms with Gasteiger partial charge in [0, 0.05) is 22.4 Å². The monoisotopic (exact) mass is 295 g/mol. The van der Waals surface area contributed by atoms with Crippen LogP contribution in [0.2, 0.25) is 0 Å². The number of aliphatic carboxylic acids is 1. The van der Waals surface area contributed by atoms with E-state index in [0.29, 0.717) is 12.0 Å². The first kappa shape index (κ1) is 16.6. The van der Waals surface area contributed by atoms with Gasteiger partial charge in [0.05, 0.1) is 0 Å². The lowest BCUT2D eigenvalue weighted by atomic mass is 9.97. The second-order valence-electron chi connectivity index (χ2n) is 5.41. The molecule has 2 N–H and O–H groups in total. The molecule has 0 aliphatic carbocycles. The number of hydrogen-bond acceptors (Lipinski definition) is 3. The minimum Gasteiger partial charge on any atom is -0.481 e. The zero-order valence-electron chi connectivity index (χ0n) is 12.3. The number of aryl methyl sites for hydroxylation is 1. The molecule has 20 heavy (non-hydrogen) atoms. The van der Waals surface area contributed by atoms with Gasteiger partial charge >= 0.3 is 5.97 Å². The average Bonchev–Trinajstić information content (AvgIpc) is 2.36. The molecule has 0 fully saturated rings. The number of carbonyl (C=O) groups excluding carboxylic acids is 1. The van der Waals surface area contributed by atoms with Gasteiger partial charge in [-0.25, -0.2) is 0 Å². The number of hydrogen-bond donors (Lipinski definition) is 2. The molecule has 0 atom stereocenters. The van der Waals surface area contributed by atoms with E-state index < -0.39 is 11.5 Å². The van der Waals surface area contributed by atoms with Crippen LogP contribution >= 0.6 is 11.8 Å². The molecule has 1 rings (SSSR count). The highest BCUT2D eigenvalue weighted by Crippen LogP contribution is 2.20. The Balaban J connectivity index is 2.82. The molecule has 0 unspecified atom stereocenters. The molecule has 1 aromatic carbocycles. The van der Waals surface area contributed by atoms with E-state index in [0.717, 1.165) is 10.5 Å². The van der Waals surface area contributed by atoms with Gasteiger partial charge in [-0.15, -0.1) is 11.8 Å². The Kier molecular flexibility index (Phi) is 5.62. The standard InChI is InChI=1S/C15H21NO3S/c1-10-5-6-11(20-4)9-12(10)14(19)16-15(2,3)8-7-13(17)18/h5-6,9H,7-8H2,1-4H3,(H,16,19)(H,17,18). The van der Waals surface area contributed by atoms with Crippen LogP contribution in [0.3, 0.4) is 0 Å². The summed E-state index contributed by atoms with van der Waals surface area (Å²) in [5.74, 6) is -1.01. The second kappa shape index (κ2) is 6.79. The van der Waals surface area contributed by atoms with Crippen molar-refractivity contribution >= 4 is 23.6 Å². The fraction of sp³-hybridized carbons (Fsp3) is 0.467. The molecule has 0 aliphatic rings. The smallest absolute Gasteiger partial charge is 0.303 e. The Bertz CT molecular complexity index is 512. The van der Waals surface area contributed by atoms with Crippen LogP contribution in [0.15, 0.2) is 23.1 Å². The summed E-state index contributed by atoms with van der Waals surface area (Å²) in [7, 11) is 0. The van der Waals surface area contributed by atoms with E-state index in [9.17, 15) is 9.59 Å². The van der Waals surface area contributed by atoms with Crippen molar-refractivity contribution in [1.29, 1.82) is 0 Å². The van der Waals surface area contributed by atoms with Crippen molar-refractivity contribution in [2.24, 2.45) is 0 Å². The molecule has 1 amide bonds. The molecular weight excluding hydrogens is 274 g/mol. The molecule has 0 aromatic heterocycles. The van der Waals surface area contributed by atoms with E-state index in [2.05, 4.69) is 5.32 Å². The van der Waals surface area contributed by atoms with Crippen molar-refractivity contribution in [2.75, 3.05) is 6.26 Å². The minimum atomic E-state index is -0.854. The fourth-order valence-corrected chi connectivity index (χ4v) is 2.27. The third-order valence-corrected chi connectivity index (χ3v) is 3.83. The minimum absolute atomic E-state index is 0.0388. The molecule has 0 bridgehead atoms. The van der Waals surface area contributed by atoms with Crippen molar-refractivity contribution in [3.8, 4) is 0 Å². The maximum atomic E-state index is 12.3. The van der Waals surface area contributed by atoms with Crippen LogP contribution in [0.25, 0.3) is 0 Å². The molecule has 0 heterocycles. The molecule has 4 nitrogen and oxygen atoms in total. The molecular formula is C15H21NO3S. The van der Waals surface area contributed by atoms with Gasteiger partial charge in [-0.3, -0.25) is 9.59 Å². The SMILES string of the molecule is CSc1ccc(C)c(C(=O)NC(C)(C)CCC(=O)O)c1. The molecule has 0 saturated carbocycles. The van der Waals surface area contributed by atoms with Crippen LogP contribution in [-0.2, 0) is 4.79 Å². The zero-order chi connectivity index (χ0) is 15.3. The highest BCUT2D eigenvalue weighted by atomic mass is 32.2. The van der Waals surface area contributed by atoms with E-state index in [-0.39, 0.29) is 12.3 Å². The Labute approximate surface area is 124 Å². The quantitative estimate of drug-likeness (QED) is 0.791. The third kappa shape index (κ3) is 4.89. The van der Waals surface area contributed by atoms with Crippen LogP contribution in [0, 0.1) is 6.92 Å². The third-order valence-electron chi connectivity index (χ3n) is 3.11. The summed E-state index contributed by atoms with van der Waals surface area (Å²) in [4.78, 5) is 24.0. The highest BCUT2D eigenvalue weighted by molar-refractivity contribution is 7.98. The molecule has 0 radical (unpaired) electrons. The number of carbonyl (C=O) groups is 2. The normalized spacial score (nSPS) is 11.2. The second-order valence-corrected chi connectivity index (χ2v) is 6.29. The van der Waals surface area contributed by atoms with Crippen molar-refractivity contribution in [1.82, 2.24) is 5.32 Å². The van der Waals surface area contributed by atoms with Crippen LogP contribution in [-0.4, -0.2) is 28.8 Å². The van der Waals surface area contributed by atoms with E-state index in [1.807, 2.05) is 45.2 Å². The number of amides is 1. The van der Waals surface area contributed by atoms with E-state index in [1.54, 1.807) is 11.8 Å². The maximum Gasteiger partial charge on any atom is 0.303 e. The Morgan fingerprint density at radius 2 is 2.00 bits per heavy atom. The van der Waals surface area contributed by atoms with Crippen LogP contribution < -0.4 is 5.32 Å². The number of thioether (sulfide) groups is 1. The summed E-state index contributed by atoms with van der Waals surface area (Å²) in [5, 5.41) is 11.6. The summed E-state index contributed by atoms with van der Waals surface area (Å²) in [6, 6.07) is 5.76. The van der Waals surface area contributed by atoms with Crippen molar-refractivity contribution in [2.45, 2.75) is 44.0 Å². The van der Waals surface area contributed by atoms with E-state index in [4.69, 9.17) is 5.11 Å². The summed E-state index contributed by atoms with van der Waals surface area (Å²) < 4.78 is 0. The number of carboxylic acid groups (broad SMARTS) is 1. The summed E-state index contributed by atoms with van der Waals surface area (Å²) in [6.07, 6.45) is 2.40. The summed E-state index contributed by atoms with van der Waals surface area (Å²) in [5.41, 5.74) is 1.01. The van der Waals surface area contributed by atoms with E-state index >= 15 is 0 Å². The van der Waals surface area contributed by atoms with Gasteiger partial charge in [0.25, 0.3) is 5.91 Å². The van der Waals surface area contributed by atoms with E-state index in [1.165, 1.54) is 0 Å². The van der Waals surface area contributed by atoms with Gasteiger partial charge < -0.3 is 10.4 Å². The summed E-state index contributed by atoms with van der Waals surface area (Å²) >= 11 is 1.58. The predicted octanol–water partition coefficient (Wildman–Crippen LogP) is 3.09. The molecule has 0 spiro atoms. The van der Waals surface area contributed by atoms with Crippen molar-refractivity contribution in [3.63, 3.8) is 0 Å². The van der Waals surface area contributed by atoms with Gasteiger partial charge in [0.1, 0.15) is 0 Å². The van der Waals surface area contributed by atoms with Gasteiger partial charge in [-0.05, 0) is 51.1 Å². The molecule has 0 saturated heterocycles. The summed E-state index contributed by atoms with van der Waals surface area (Å²) in [6.45, 7) is 5.56. The van der Waals surface area contributed by atoms with Gasteiger partial charge in [0.2, 0.25) is 0 Å². The maximum absolute atomic E-state index is 12.3. The molecule has 5 heteroatoms. The first-order chi connectivity index (χ1) is 9.25. The van der Waals surface area contributed by atoms with Gasteiger partial charge in [-0.2, -0.15) is 0 Å². The zero-order valence-corrected chi connectivity index (χ0v) is 13.1. The first-order valence-electron chi connectivity index (χ1n) is 6.44. The molecule has 110 valence electrons. The van der Waals surface area contributed by atoms with Crippen LogP contribution in [0.1, 0.15) is 42.6 Å². The first-order valence-corrected chi connectivity index (χ1v) is 7.66. The predicted molar refractivity (Wildman–Crippen MR) is 81.4 cm³/mol. The number of carboxylic acids is 1. The lowest BCUT2D eigenvalue weighted by molar-refractivity contribution is -0.137. The molecule has 0 aliphatic heterocycles. The van der Waals surface area contributed by atoms with Crippen molar-refractivity contribution in [3.05, 3.63) is 29.3 Å². The Hall–Kier alpha value is -1.49. The van der Waals surface area contributed by atoms with Crippen LogP contribution in [0.4, 0.5) is 0 Å². The number of nitrogens with one attached hydrogen (secondary N) is 1. The number of rotatable bonds is 6. The fourth-order valence-electron chi connectivity index (χ4n) is 1.83. The Morgan fingerprint density at radius 3 is 2.55 bits per heavy atom. The topological polar surface area (TPSA) is 66.4 Å². The highest BCUT2D eigenvalue weighted by Gasteiger charge is 2.23. The van der Waals surface area contributed by atoms with Gasteiger partial charge in [0.15, 0.2) is 0 Å². The Morgan fingerprint density at radius 1 is 1.35 bits per heavy atom. The number of benzene rings is 1. The van der Waals surface area contributed by atoms with Crippen LogP contribution in [0.5, 0.6) is 0 Å². The lowest BCUT2D eigenvalue weighted by Crippen LogP contribution is -2.43. The average molecular weight is 295 g/mol. The molecule has 1 aromatic rings. The lowest BCUT2D eigenvalue weighted by Gasteiger charge is -2.26. The largest absolute Gasteiger partial charge is 0.481 e.